The van der Waals surface area contributed by atoms with E-state index in [0.29, 0.717) is 55.8 Å². The molecule has 12 nitrogen and oxygen atoms in total. The second-order valence-corrected chi connectivity index (χ2v) is 26.7. The molecule has 3 aliphatic heterocycles. The van der Waals surface area contributed by atoms with Gasteiger partial charge in [0.05, 0.1) is 23.0 Å². The van der Waals surface area contributed by atoms with Gasteiger partial charge < -0.3 is 39.6 Å². The van der Waals surface area contributed by atoms with E-state index >= 15 is 0 Å². The van der Waals surface area contributed by atoms with Crippen LogP contribution >= 0.6 is 58.8 Å². The molecule has 3 fully saturated rings. The molecular formula is C49H104N8O4S5. The lowest BCUT2D eigenvalue weighted by Gasteiger charge is -2.32. The first kappa shape index (κ1) is 69.7. The molecule has 0 aromatic carbocycles. The van der Waals surface area contributed by atoms with Gasteiger partial charge in [-0.3, -0.25) is 19.2 Å². The first-order valence-electron chi connectivity index (χ1n) is 24.4. The Hall–Kier alpha value is -0.530. The van der Waals surface area contributed by atoms with Crippen molar-refractivity contribution in [3.8, 4) is 0 Å². The average molecular weight is 1030 g/mol. The molecule has 0 spiro atoms. The zero-order chi connectivity index (χ0) is 49.7. The molecule has 66 heavy (non-hydrogen) atoms. The lowest BCUT2D eigenvalue weighted by molar-refractivity contribution is -0.130. The molecule has 4 amide bonds. The molecule has 0 bridgehead atoms. The van der Waals surface area contributed by atoms with Crippen LogP contribution in [-0.4, -0.2) is 240 Å². The molecule has 3 aliphatic rings. The van der Waals surface area contributed by atoms with Gasteiger partial charge in [0.15, 0.2) is 0 Å². The van der Waals surface area contributed by atoms with E-state index in [4.69, 9.17) is 0 Å². The smallest absolute Gasteiger partial charge is 0.232 e. The summed E-state index contributed by atoms with van der Waals surface area (Å²) >= 11 is 8.90. The number of nitrogens with one attached hydrogen (secondary N) is 1. The molecule has 0 aliphatic carbocycles. The zero-order valence-electron chi connectivity index (χ0n) is 44.5. The Kier molecular flexibility index (Phi) is 46.9. The lowest BCUT2D eigenvalue weighted by atomic mass is 10.3. The Morgan fingerprint density at radius 1 is 0.515 bits per heavy atom. The Morgan fingerprint density at radius 3 is 1.36 bits per heavy atom. The van der Waals surface area contributed by atoms with Gasteiger partial charge in [0.25, 0.3) is 0 Å². The molecule has 394 valence electrons. The van der Waals surface area contributed by atoms with Gasteiger partial charge in [-0.1, -0.05) is 76.7 Å². The molecule has 17 heteroatoms. The predicted octanol–water partition coefficient (Wildman–Crippen LogP) is 7.86. The highest BCUT2D eigenvalue weighted by molar-refractivity contribution is 8.01. The third-order valence-electron chi connectivity index (χ3n) is 9.94. The summed E-state index contributed by atoms with van der Waals surface area (Å²) in [5.74, 6) is 4.83. The Labute approximate surface area is 429 Å². The predicted molar refractivity (Wildman–Crippen MR) is 303 cm³/mol. The highest BCUT2D eigenvalue weighted by Crippen LogP contribution is 2.15. The van der Waals surface area contributed by atoms with E-state index in [-0.39, 0.29) is 19.2 Å². The number of likely N-dealkylation sites (tertiary alicyclic amines) is 2. The second-order valence-electron chi connectivity index (χ2n) is 18.8. The molecule has 0 aromatic rings. The maximum Gasteiger partial charge on any atom is 0.232 e. The molecule has 0 radical (unpaired) electrons. The molecular weight excluding hydrogens is 925 g/mol. The third kappa shape index (κ3) is 45.9. The van der Waals surface area contributed by atoms with Crippen molar-refractivity contribution in [1.82, 2.24) is 39.6 Å². The number of hydrogen-bond acceptors (Lipinski definition) is 13. The Bertz CT molecular complexity index is 1170. The van der Waals surface area contributed by atoms with Crippen molar-refractivity contribution < 1.29 is 19.2 Å². The number of carbonyl (C=O) groups is 4. The van der Waals surface area contributed by atoms with Gasteiger partial charge >= 0.3 is 0 Å². The van der Waals surface area contributed by atoms with E-state index in [1.165, 1.54) is 57.5 Å². The van der Waals surface area contributed by atoms with Crippen molar-refractivity contribution in [3.63, 3.8) is 0 Å². The van der Waals surface area contributed by atoms with E-state index in [9.17, 15) is 19.2 Å². The van der Waals surface area contributed by atoms with Gasteiger partial charge in [0.2, 0.25) is 23.6 Å². The zero-order valence-corrected chi connectivity index (χ0v) is 48.5. The number of rotatable bonds is 23. The first-order valence-corrected chi connectivity index (χ1v) is 29.6. The molecule has 3 saturated heterocycles. The van der Waals surface area contributed by atoms with E-state index < -0.39 is 0 Å². The van der Waals surface area contributed by atoms with Gasteiger partial charge in [0, 0.05) is 72.5 Å². The quantitative estimate of drug-likeness (QED) is 0.101. The fourth-order valence-electron chi connectivity index (χ4n) is 5.86. The summed E-state index contributed by atoms with van der Waals surface area (Å²) in [6, 6.07) is 0. The van der Waals surface area contributed by atoms with Crippen molar-refractivity contribution in [1.29, 1.82) is 0 Å². The maximum absolute atomic E-state index is 11.7. The van der Waals surface area contributed by atoms with Crippen LogP contribution in [0.1, 0.15) is 109 Å². The fraction of sp³-hybridized carbons (Fsp3) is 0.918. The SMILES string of the molecule is C.CC(C)SCC(=O)N(C)CCN(C)C.CC(C)SCC(=O)N1CCCC1.CC(C)SCC(=O)N1CCN(C)CC1.CC(C)SCC(=O)NCCN1CCCC1.CC(C)SCCCN(C)C. The topological polar surface area (TPSA) is 103 Å². The summed E-state index contributed by atoms with van der Waals surface area (Å²) in [6.45, 7) is 34.4. The number of piperazine rings is 1. The summed E-state index contributed by atoms with van der Waals surface area (Å²) in [7, 11) is 12.2. The Balaban J connectivity index is -0.000000754. The van der Waals surface area contributed by atoms with Crippen molar-refractivity contribution in [2.45, 2.75) is 135 Å². The standard InChI is InChI=1S/C11H22N2OS.C10H20N2OS.C10H22N2OS.C9H17NOS.C8H19NS.CH4/c1-10(2)15-9-11(14)12-5-8-13-6-3-4-7-13;1-9(2)14-8-10(13)12-6-4-11(3)5-7-12;1-9(2)14-8-10(13)12(5)7-6-11(3)4;1-8(2)12-7-9(11)10-5-3-4-6-10;1-8(2)10-7-5-6-9(3)4;/h10H,3-9H2,1-2H3,(H,12,14);9H,4-8H2,1-3H3;9H,6-8H2,1-5H3;8H,3-7H2,1-2H3;8H,5-7H2,1-4H3;1H4. The van der Waals surface area contributed by atoms with Gasteiger partial charge in [-0.2, -0.15) is 11.8 Å². The van der Waals surface area contributed by atoms with Crippen LogP contribution in [0.2, 0.25) is 0 Å². The van der Waals surface area contributed by atoms with Gasteiger partial charge in [-0.05, 0) is 119 Å². The van der Waals surface area contributed by atoms with Crippen molar-refractivity contribution >= 4 is 82.4 Å². The number of carbonyl (C=O) groups excluding carboxylic acids is 4. The molecule has 0 unspecified atom stereocenters. The minimum Gasteiger partial charge on any atom is -0.354 e. The van der Waals surface area contributed by atoms with Crippen LogP contribution in [0.15, 0.2) is 0 Å². The minimum atomic E-state index is 0. The van der Waals surface area contributed by atoms with E-state index in [0.717, 1.165) is 70.7 Å². The molecule has 0 atom stereocenters. The van der Waals surface area contributed by atoms with Crippen LogP contribution in [0, 0.1) is 0 Å². The summed E-state index contributed by atoms with van der Waals surface area (Å²) in [5.41, 5.74) is 0. The average Bonchev–Trinajstić information content (AvgIpc) is 3.98. The number of thioether (sulfide) groups is 5. The molecule has 0 aromatic heterocycles. The normalized spacial score (nSPS) is 15.2. The highest BCUT2D eigenvalue weighted by Gasteiger charge is 2.19. The number of amides is 4. The summed E-state index contributed by atoms with van der Waals surface area (Å²) in [5, 5.41) is 5.94. The van der Waals surface area contributed by atoms with Crippen LogP contribution in [0.3, 0.4) is 0 Å². The third-order valence-corrected chi connectivity index (χ3v) is 15.5. The largest absolute Gasteiger partial charge is 0.354 e. The van der Waals surface area contributed by atoms with Gasteiger partial charge in [-0.25, -0.2) is 0 Å². The maximum atomic E-state index is 11.7. The minimum absolute atomic E-state index is 0. The van der Waals surface area contributed by atoms with E-state index in [2.05, 4.69) is 115 Å². The van der Waals surface area contributed by atoms with Crippen LogP contribution in [-0.2, 0) is 19.2 Å². The van der Waals surface area contributed by atoms with Crippen LogP contribution in [0.25, 0.3) is 0 Å². The van der Waals surface area contributed by atoms with Crippen LogP contribution < -0.4 is 5.32 Å². The van der Waals surface area contributed by atoms with Crippen LogP contribution in [0.5, 0.6) is 0 Å². The monoisotopic (exact) mass is 1030 g/mol. The summed E-state index contributed by atoms with van der Waals surface area (Å²) < 4.78 is 0. The van der Waals surface area contributed by atoms with Crippen LogP contribution in [0.4, 0.5) is 0 Å². The van der Waals surface area contributed by atoms with Crippen molar-refractivity contribution in [2.75, 3.05) is 156 Å². The molecule has 0 saturated carbocycles. The summed E-state index contributed by atoms with van der Waals surface area (Å²) in [6.07, 6.45) is 6.33. The lowest BCUT2D eigenvalue weighted by Crippen LogP contribution is -2.47. The molecule has 3 heterocycles. The van der Waals surface area contributed by atoms with Gasteiger partial charge in [0.1, 0.15) is 0 Å². The molecule has 3 rings (SSSR count). The number of nitrogens with zero attached hydrogens (tertiary/aromatic N) is 7. The first-order chi connectivity index (χ1) is 30.5. The van der Waals surface area contributed by atoms with E-state index in [1.54, 1.807) is 51.9 Å². The fourth-order valence-corrected chi connectivity index (χ4v) is 9.22. The molecule has 1 N–H and O–H groups in total. The van der Waals surface area contributed by atoms with Crippen molar-refractivity contribution in [2.24, 2.45) is 0 Å². The number of hydrogen-bond donors (Lipinski definition) is 1. The Morgan fingerprint density at radius 2 is 0.924 bits per heavy atom. The second kappa shape index (κ2) is 44.4. The van der Waals surface area contributed by atoms with Gasteiger partial charge in [-0.15, -0.1) is 47.0 Å². The highest BCUT2D eigenvalue weighted by atomic mass is 32.2. The van der Waals surface area contributed by atoms with Crippen molar-refractivity contribution in [3.05, 3.63) is 0 Å². The van der Waals surface area contributed by atoms with E-state index in [1.807, 2.05) is 42.7 Å². The number of likely N-dealkylation sites (N-methyl/N-ethyl adjacent to an activating group) is 3. The summed E-state index contributed by atoms with van der Waals surface area (Å²) in [4.78, 5) is 60.8.